The first-order valence-corrected chi connectivity index (χ1v) is 10.1. The molecule has 3 heterocycles. The van der Waals surface area contributed by atoms with E-state index in [1.54, 1.807) is 11.3 Å². The number of amides is 2. The molecule has 5 nitrogen and oxygen atoms in total. The van der Waals surface area contributed by atoms with Crippen LogP contribution >= 0.6 is 11.3 Å². The Hall–Kier alpha value is -1.69. The zero-order chi connectivity index (χ0) is 17.4. The molecule has 1 aromatic rings. The lowest BCUT2D eigenvalue weighted by molar-refractivity contribution is -0.145. The average molecular weight is 359 g/mol. The van der Waals surface area contributed by atoms with Gasteiger partial charge in [-0.2, -0.15) is 0 Å². The lowest BCUT2D eigenvalue weighted by atomic mass is 9.78. The number of carbonyl (C=O) groups is 2. The second-order valence-corrected chi connectivity index (χ2v) is 8.68. The molecule has 1 aromatic heterocycles. The number of aromatic nitrogens is 1. The Bertz CT molecular complexity index is 705. The molecule has 0 N–H and O–H groups in total. The standard InChI is InChI=1S/C19H25N3O2S/c1-14-20-16(12-25-14)11-21-10-8-19(18(21)24)7-4-9-22(13-19)17(23)15-5-2-3-6-15/h2-3,12,15H,4-11,13H2,1H3. The minimum Gasteiger partial charge on any atom is -0.341 e. The molecule has 2 aliphatic heterocycles. The van der Waals surface area contributed by atoms with Crippen molar-refractivity contribution in [2.24, 2.45) is 11.3 Å². The van der Waals surface area contributed by atoms with Gasteiger partial charge in [0.1, 0.15) is 0 Å². The lowest BCUT2D eigenvalue weighted by Crippen LogP contribution is -2.51. The molecule has 1 spiro atoms. The van der Waals surface area contributed by atoms with Gasteiger partial charge < -0.3 is 9.80 Å². The molecule has 134 valence electrons. The third-order valence-electron chi connectivity index (χ3n) is 5.87. The summed E-state index contributed by atoms with van der Waals surface area (Å²) in [6.45, 7) is 4.78. The largest absolute Gasteiger partial charge is 0.341 e. The second kappa shape index (κ2) is 6.56. The van der Waals surface area contributed by atoms with Crippen LogP contribution in [0.15, 0.2) is 17.5 Å². The highest BCUT2D eigenvalue weighted by molar-refractivity contribution is 7.09. The topological polar surface area (TPSA) is 53.5 Å². The Morgan fingerprint density at radius 2 is 2.12 bits per heavy atom. The molecule has 2 fully saturated rings. The van der Waals surface area contributed by atoms with E-state index in [1.165, 1.54) is 0 Å². The van der Waals surface area contributed by atoms with E-state index >= 15 is 0 Å². The third kappa shape index (κ3) is 3.12. The molecule has 6 heteroatoms. The minimum absolute atomic E-state index is 0.0979. The van der Waals surface area contributed by atoms with Crippen molar-refractivity contribution in [2.45, 2.75) is 45.6 Å². The summed E-state index contributed by atoms with van der Waals surface area (Å²) in [7, 11) is 0. The van der Waals surface area contributed by atoms with Crippen LogP contribution in [0.3, 0.4) is 0 Å². The number of rotatable bonds is 3. The van der Waals surface area contributed by atoms with Gasteiger partial charge in [-0.3, -0.25) is 9.59 Å². The smallest absolute Gasteiger partial charge is 0.231 e. The number of aryl methyl sites for hydroxylation is 1. The van der Waals surface area contributed by atoms with Crippen molar-refractivity contribution in [3.8, 4) is 0 Å². The summed E-state index contributed by atoms with van der Waals surface area (Å²) in [5.41, 5.74) is 0.624. The maximum absolute atomic E-state index is 13.1. The van der Waals surface area contributed by atoms with Gasteiger partial charge in [0.05, 0.1) is 22.7 Å². The summed E-state index contributed by atoms with van der Waals surface area (Å²) in [5, 5.41) is 3.08. The maximum atomic E-state index is 13.1. The van der Waals surface area contributed by atoms with Crippen LogP contribution < -0.4 is 0 Å². The first-order chi connectivity index (χ1) is 12.1. The van der Waals surface area contributed by atoms with Crippen LogP contribution in [0.5, 0.6) is 0 Å². The van der Waals surface area contributed by atoms with Gasteiger partial charge in [0.2, 0.25) is 11.8 Å². The zero-order valence-corrected chi connectivity index (χ0v) is 15.6. The van der Waals surface area contributed by atoms with Crippen molar-refractivity contribution in [3.63, 3.8) is 0 Å². The monoisotopic (exact) mass is 359 g/mol. The Morgan fingerprint density at radius 3 is 2.84 bits per heavy atom. The van der Waals surface area contributed by atoms with E-state index in [9.17, 15) is 9.59 Å². The fourth-order valence-electron chi connectivity index (χ4n) is 4.50. The van der Waals surface area contributed by atoms with Crippen LogP contribution in [0.4, 0.5) is 0 Å². The Kier molecular flexibility index (Phi) is 4.40. The summed E-state index contributed by atoms with van der Waals surface area (Å²) in [5.74, 6) is 0.561. The molecule has 0 radical (unpaired) electrons. The SMILES string of the molecule is Cc1nc(CN2CCC3(CCCN(C(=O)C4CC=CC4)C3)C2=O)cs1. The van der Waals surface area contributed by atoms with E-state index in [0.717, 1.165) is 55.9 Å². The van der Waals surface area contributed by atoms with Crippen LogP contribution in [-0.4, -0.2) is 46.2 Å². The summed E-state index contributed by atoms with van der Waals surface area (Å²) in [6.07, 6.45) is 8.60. The van der Waals surface area contributed by atoms with Gasteiger partial charge >= 0.3 is 0 Å². The molecule has 0 aromatic carbocycles. The molecule has 3 aliphatic rings. The number of piperidine rings is 1. The molecule has 25 heavy (non-hydrogen) atoms. The minimum atomic E-state index is -0.356. The highest BCUT2D eigenvalue weighted by atomic mass is 32.1. The van der Waals surface area contributed by atoms with Gasteiger partial charge in [-0.25, -0.2) is 4.98 Å². The van der Waals surface area contributed by atoms with Crippen LogP contribution in [0.1, 0.15) is 42.8 Å². The highest BCUT2D eigenvalue weighted by Crippen LogP contribution is 2.41. The fraction of sp³-hybridized carbons (Fsp3) is 0.632. The summed E-state index contributed by atoms with van der Waals surface area (Å²) < 4.78 is 0. The van der Waals surface area contributed by atoms with Crippen LogP contribution in [0.25, 0.3) is 0 Å². The Balaban J connectivity index is 1.44. The first-order valence-electron chi connectivity index (χ1n) is 9.22. The second-order valence-electron chi connectivity index (χ2n) is 7.62. The van der Waals surface area contributed by atoms with Crippen LogP contribution in [0, 0.1) is 18.3 Å². The molecule has 4 rings (SSSR count). The first kappa shape index (κ1) is 16.8. The fourth-order valence-corrected chi connectivity index (χ4v) is 5.10. The van der Waals surface area contributed by atoms with Crippen molar-refractivity contribution in [3.05, 3.63) is 28.2 Å². The quantitative estimate of drug-likeness (QED) is 0.780. The van der Waals surface area contributed by atoms with E-state index in [0.29, 0.717) is 13.1 Å². The van der Waals surface area contributed by atoms with Crippen molar-refractivity contribution in [1.29, 1.82) is 0 Å². The van der Waals surface area contributed by atoms with Gasteiger partial charge in [0.15, 0.2) is 0 Å². The molecule has 1 unspecified atom stereocenters. The summed E-state index contributed by atoms with van der Waals surface area (Å²) in [4.78, 5) is 34.3. The van der Waals surface area contributed by atoms with E-state index < -0.39 is 0 Å². The average Bonchev–Trinajstić information content (AvgIpc) is 3.34. The molecule has 2 amide bonds. The van der Waals surface area contributed by atoms with Gasteiger partial charge in [0, 0.05) is 30.9 Å². The van der Waals surface area contributed by atoms with Crippen LogP contribution in [-0.2, 0) is 16.1 Å². The predicted octanol–water partition coefficient (Wildman–Crippen LogP) is 2.76. The number of hydrogen-bond acceptors (Lipinski definition) is 4. The summed E-state index contributed by atoms with van der Waals surface area (Å²) in [6, 6.07) is 0. The maximum Gasteiger partial charge on any atom is 0.231 e. The number of allylic oxidation sites excluding steroid dienone is 2. The number of thiazole rings is 1. The number of likely N-dealkylation sites (tertiary alicyclic amines) is 2. The third-order valence-corrected chi connectivity index (χ3v) is 6.69. The highest BCUT2D eigenvalue weighted by Gasteiger charge is 2.50. The van der Waals surface area contributed by atoms with E-state index in [2.05, 4.69) is 17.1 Å². The zero-order valence-electron chi connectivity index (χ0n) is 14.7. The van der Waals surface area contributed by atoms with Crippen molar-refractivity contribution in [1.82, 2.24) is 14.8 Å². The normalized spacial score (nSPS) is 27.0. The van der Waals surface area contributed by atoms with Crippen molar-refractivity contribution < 1.29 is 9.59 Å². The van der Waals surface area contributed by atoms with Gasteiger partial charge in [-0.1, -0.05) is 12.2 Å². The predicted molar refractivity (Wildman–Crippen MR) is 97.0 cm³/mol. The Labute approximate surface area is 152 Å². The van der Waals surface area contributed by atoms with E-state index in [4.69, 9.17) is 0 Å². The molecular weight excluding hydrogens is 334 g/mol. The van der Waals surface area contributed by atoms with Crippen LogP contribution in [0.2, 0.25) is 0 Å². The molecule has 0 saturated carbocycles. The van der Waals surface area contributed by atoms with E-state index in [-0.39, 0.29) is 23.1 Å². The van der Waals surface area contributed by atoms with E-state index in [1.807, 2.05) is 22.1 Å². The molecule has 2 saturated heterocycles. The van der Waals surface area contributed by atoms with Gasteiger partial charge in [0.25, 0.3) is 0 Å². The van der Waals surface area contributed by atoms with Crippen molar-refractivity contribution >= 4 is 23.2 Å². The van der Waals surface area contributed by atoms with Crippen molar-refractivity contribution in [2.75, 3.05) is 19.6 Å². The molecule has 1 atom stereocenters. The number of nitrogens with zero attached hydrogens (tertiary/aromatic N) is 3. The molecular formula is C19H25N3O2S. The van der Waals surface area contributed by atoms with Gasteiger partial charge in [-0.15, -0.1) is 11.3 Å². The lowest BCUT2D eigenvalue weighted by Gasteiger charge is -2.40. The molecule has 0 bridgehead atoms. The van der Waals surface area contributed by atoms with Gasteiger partial charge in [-0.05, 0) is 39.0 Å². The Morgan fingerprint density at radius 1 is 1.32 bits per heavy atom. The number of carbonyl (C=O) groups excluding carboxylic acids is 2. The summed E-state index contributed by atoms with van der Waals surface area (Å²) >= 11 is 1.63. The number of hydrogen-bond donors (Lipinski definition) is 0. The molecule has 1 aliphatic carbocycles.